The molecule has 1 aliphatic rings. The first-order chi connectivity index (χ1) is 12.0. The summed E-state index contributed by atoms with van der Waals surface area (Å²) in [5, 5.41) is 10.2. The molecular formula is C21H22N2O2. The molecule has 1 aliphatic carbocycles. The highest BCUT2D eigenvalue weighted by Crippen LogP contribution is 2.29. The molecule has 4 heteroatoms. The number of carbonyl (C=O) groups is 1. The van der Waals surface area contributed by atoms with E-state index in [9.17, 15) is 9.90 Å². The Balaban J connectivity index is 0.000000401. The Bertz CT molecular complexity index is 913. The summed E-state index contributed by atoms with van der Waals surface area (Å²) in [6.45, 7) is 3.84. The number of nitrogens with two attached hydrogens (primary N) is 1. The molecule has 0 spiro atoms. The number of aromatic carboxylic acids is 1. The van der Waals surface area contributed by atoms with E-state index in [-0.39, 0.29) is 0 Å². The molecule has 4 rings (SSSR count). The van der Waals surface area contributed by atoms with Crippen molar-refractivity contribution in [2.75, 3.05) is 0 Å². The lowest BCUT2D eigenvalue weighted by Crippen LogP contribution is -2.04. The molecule has 2 aromatic carbocycles. The van der Waals surface area contributed by atoms with Gasteiger partial charge in [0.2, 0.25) is 0 Å². The molecule has 0 atom stereocenters. The molecule has 0 amide bonds. The number of benzene rings is 2. The Hall–Kier alpha value is -2.72. The third-order valence-corrected chi connectivity index (χ3v) is 4.30. The number of aryl methyl sites for hydroxylation is 1. The summed E-state index contributed by atoms with van der Waals surface area (Å²) in [6, 6.07) is 15.9. The summed E-state index contributed by atoms with van der Waals surface area (Å²) >= 11 is 0. The maximum Gasteiger partial charge on any atom is 0.336 e. The van der Waals surface area contributed by atoms with Gasteiger partial charge in [0.05, 0.1) is 16.8 Å². The summed E-state index contributed by atoms with van der Waals surface area (Å²) in [4.78, 5) is 16.3. The van der Waals surface area contributed by atoms with Gasteiger partial charge in [-0.1, -0.05) is 48.0 Å². The molecule has 4 nitrogen and oxygen atoms in total. The number of nitrogens with zero attached hydrogens (tertiary/aromatic N) is 1. The van der Waals surface area contributed by atoms with Gasteiger partial charge in [0.15, 0.2) is 0 Å². The highest BCUT2D eigenvalue weighted by Gasteiger charge is 2.17. The summed E-state index contributed by atoms with van der Waals surface area (Å²) in [6.07, 6.45) is 2.53. The fourth-order valence-corrected chi connectivity index (χ4v) is 2.67. The van der Waals surface area contributed by atoms with Crippen molar-refractivity contribution in [3.05, 3.63) is 65.2 Å². The summed E-state index contributed by atoms with van der Waals surface area (Å²) < 4.78 is 0. The van der Waals surface area contributed by atoms with Crippen LogP contribution in [0.25, 0.3) is 22.2 Å². The Kier molecular flexibility index (Phi) is 4.81. The molecule has 0 aliphatic heterocycles. The van der Waals surface area contributed by atoms with Crippen LogP contribution < -0.4 is 5.73 Å². The Morgan fingerprint density at radius 1 is 1.08 bits per heavy atom. The van der Waals surface area contributed by atoms with Crippen molar-refractivity contribution in [2.45, 2.75) is 32.7 Å². The lowest BCUT2D eigenvalue weighted by Gasteiger charge is -2.12. The van der Waals surface area contributed by atoms with E-state index in [4.69, 9.17) is 5.73 Å². The lowest BCUT2D eigenvalue weighted by molar-refractivity contribution is 0.0698. The first-order valence-electron chi connectivity index (χ1n) is 8.42. The van der Waals surface area contributed by atoms with Gasteiger partial charge < -0.3 is 10.8 Å². The highest BCUT2D eigenvalue weighted by molar-refractivity contribution is 6.05. The van der Waals surface area contributed by atoms with E-state index in [2.05, 4.69) is 4.98 Å². The molecule has 25 heavy (non-hydrogen) atoms. The average molecular weight is 334 g/mol. The molecule has 0 bridgehead atoms. The van der Waals surface area contributed by atoms with Gasteiger partial charge in [0.1, 0.15) is 0 Å². The van der Waals surface area contributed by atoms with Crippen molar-refractivity contribution in [1.29, 1.82) is 0 Å². The van der Waals surface area contributed by atoms with Gasteiger partial charge in [0, 0.05) is 17.0 Å². The maximum atomic E-state index is 11.6. The Morgan fingerprint density at radius 2 is 1.68 bits per heavy atom. The molecule has 3 N–H and O–H groups in total. The van der Waals surface area contributed by atoms with E-state index in [1.807, 2.05) is 56.3 Å². The topological polar surface area (TPSA) is 76.2 Å². The molecule has 3 aromatic rings. The SMILES string of the molecule is Cc1ccc(-c2nc3ccccc3c(C(=O)O)c2C)cc1.NC1CC1. The number of para-hydroxylation sites is 1. The monoisotopic (exact) mass is 334 g/mol. The predicted octanol–water partition coefficient (Wildman–Crippen LogP) is 4.32. The van der Waals surface area contributed by atoms with Gasteiger partial charge in [-0.3, -0.25) is 0 Å². The van der Waals surface area contributed by atoms with Crippen LogP contribution in [0, 0.1) is 13.8 Å². The molecule has 1 fully saturated rings. The van der Waals surface area contributed by atoms with E-state index in [1.54, 1.807) is 6.07 Å². The molecule has 1 aromatic heterocycles. The normalized spacial score (nSPS) is 13.2. The number of pyridine rings is 1. The zero-order chi connectivity index (χ0) is 18.0. The largest absolute Gasteiger partial charge is 0.478 e. The second-order valence-corrected chi connectivity index (χ2v) is 6.49. The minimum Gasteiger partial charge on any atom is -0.478 e. The maximum absolute atomic E-state index is 11.6. The molecule has 0 radical (unpaired) electrons. The number of fused-ring (bicyclic) bond motifs is 1. The smallest absolute Gasteiger partial charge is 0.336 e. The van der Waals surface area contributed by atoms with Crippen LogP contribution in [0.5, 0.6) is 0 Å². The van der Waals surface area contributed by atoms with E-state index in [0.717, 1.165) is 16.8 Å². The van der Waals surface area contributed by atoms with Gasteiger partial charge in [0.25, 0.3) is 0 Å². The second kappa shape index (κ2) is 7.03. The van der Waals surface area contributed by atoms with Crippen LogP contribution in [-0.2, 0) is 0 Å². The number of carboxylic acids is 1. The van der Waals surface area contributed by atoms with Gasteiger partial charge in [-0.05, 0) is 38.3 Å². The van der Waals surface area contributed by atoms with Crippen molar-refractivity contribution in [3.8, 4) is 11.3 Å². The number of carboxylic acid groups (broad SMARTS) is 1. The first-order valence-corrected chi connectivity index (χ1v) is 8.42. The van der Waals surface area contributed by atoms with Gasteiger partial charge in [-0.15, -0.1) is 0 Å². The molecule has 0 saturated heterocycles. The zero-order valence-corrected chi connectivity index (χ0v) is 14.5. The highest BCUT2D eigenvalue weighted by atomic mass is 16.4. The third-order valence-electron chi connectivity index (χ3n) is 4.30. The van der Waals surface area contributed by atoms with E-state index in [0.29, 0.717) is 28.1 Å². The Labute approximate surface area is 147 Å². The van der Waals surface area contributed by atoms with Crippen LogP contribution in [0.4, 0.5) is 0 Å². The lowest BCUT2D eigenvalue weighted by atomic mass is 9.97. The first kappa shape index (κ1) is 17.1. The van der Waals surface area contributed by atoms with Crippen LogP contribution in [0.1, 0.15) is 34.3 Å². The second-order valence-electron chi connectivity index (χ2n) is 6.49. The van der Waals surface area contributed by atoms with Gasteiger partial charge in [-0.2, -0.15) is 0 Å². The standard InChI is InChI=1S/C18H15NO2.C3H7N/c1-11-7-9-13(10-8-11)17-12(2)16(18(20)21)14-5-3-4-6-15(14)19-17;4-3-1-2-3/h3-10H,1-2H3,(H,20,21);3H,1-2,4H2. The molecule has 128 valence electrons. The number of aromatic nitrogens is 1. The van der Waals surface area contributed by atoms with E-state index < -0.39 is 5.97 Å². The molecule has 0 unspecified atom stereocenters. The summed E-state index contributed by atoms with van der Waals surface area (Å²) in [5.74, 6) is -0.917. The van der Waals surface area contributed by atoms with E-state index in [1.165, 1.54) is 12.8 Å². The summed E-state index contributed by atoms with van der Waals surface area (Å²) in [7, 11) is 0. The average Bonchev–Trinajstić information content (AvgIpc) is 3.37. The van der Waals surface area contributed by atoms with E-state index >= 15 is 0 Å². The minimum absolute atomic E-state index is 0.330. The van der Waals surface area contributed by atoms with Gasteiger partial charge in [-0.25, -0.2) is 9.78 Å². The fourth-order valence-electron chi connectivity index (χ4n) is 2.67. The number of hydrogen-bond acceptors (Lipinski definition) is 3. The van der Waals surface area contributed by atoms with Crippen LogP contribution in [0.15, 0.2) is 48.5 Å². The van der Waals surface area contributed by atoms with Crippen molar-refractivity contribution < 1.29 is 9.90 Å². The van der Waals surface area contributed by atoms with Gasteiger partial charge >= 0.3 is 5.97 Å². The molecular weight excluding hydrogens is 312 g/mol. The number of rotatable bonds is 2. The summed E-state index contributed by atoms with van der Waals surface area (Å²) in [5.41, 5.74) is 9.78. The molecule has 1 saturated carbocycles. The van der Waals surface area contributed by atoms with Crippen molar-refractivity contribution in [1.82, 2.24) is 4.98 Å². The predicted molar refractivity (Wildman–Crippen MR) is 101 cm³/mol. The van der Waals surface area contributed by atoms with Crippen molar-refractivity contribution in [3.63, 3.8) is 0 Å². The van der Waals surface area contributed by atoms with Crippen LogP contribution in [0.3, 0.4) is 0 Å². The fraction of sp³-hybridized carbons (Fsp3) is 0.238. The third kappa shape index (κ3) is 3.86. The van der Waals surface area contributed by atoms with Crippen LogP contribution in [-0.4, -0.2) is 22.1 Å². The Morgan fingerprint density at radius 3 is 2.24 bits per heavy atom. The quantitative estimate of drug-likeness (QED) is 0.731. The van der Waals surface area contributed by atoms with Crippen molar-refractivity contribution >= 4 is 16.9 Å². The minimum atomic E-state index is -0.917. The van der Waals surface area contributed by atoms with Crippen molar-refractivity contribution in [2.24, 2.45) is 5.73 Å². The van der Waals surface area contributed by atoms with Crippen LogP contribution >= 0.6 is 0 Å². The van der Waals surface area contributed by atoms with Crippen LogP contribution in [0.2, 0.25) is 0 Å². The molecule has 1 heterocycles. The number of hydrogen-bond donors (Lipinski definition) is 2. The zero-order valence-electron chi connectivity index (χ0n) is 14.5.